The van der Waals surface area contributed by atoms with Crippen molar-refractivity contribution < 1.29 is 18.3 Å². The van der Waals surface area contributed by atoms with Gasteiger partial charge in [-0.1, -0.05) is 6.07 Å². The van der Waals surface area contributed by atoms with Gasteiger partial charge in [0.2, 0.25) is 10.9 Å². The maximum atomic E-state index is 11.3. The van der Waals surface area contributed by atoms with Gasteiger partial charge in [0.1, 0.15) is 5.82 Å². The number of aromatic nitrogens is 1. The molecule has 0 aliphatic rings. The average Bonchev–Trinajstić information content (AvgIpc) is 2.40. The van der Waals surface area contributed by atoms with Gasteiger partial charge in [0.15, 0.2) is 0 Å². The normalized spacial score (nSPS) is 10.4. The van der Waals surface area contributed by atoms with Crippen LogP contribution < -0.4 is 4.31 Å². The summed E-state index contributed by atoms with van der Waals surface area (Å²) < 4.78 is 23.7. The van der Waals surface area contributed by atoms with Crippen molar-refractivity contribution in [3.8, 4) is 0 Å². The van der Waals surface area contributed by atoms with Crippen molar-refractivity contribution >= 4 is 28.4 Å². The van der Waals surface area contributed by atoms with Crippen molar-refractivity contribution in [1.29, 1.82) is 0 Å². The lowest BCUT2D eigenvalue weighted by molar-refractivity contribution is 0.0697. The molecule has 19 heavy (non-hydrogen) atoms. The molecule has 0 fully saturated rings. The minimum absolute atomic E-state index is 0.0887. The fourth-order valence-electron chi connectivity index (χ4n) is 1.53. The van der Waals surface area contributed by atoms with Crippen molar-refractivity contribution in [1.82, 2.24) is 4.98 Å². The van der Waals surface area contributed by atoms with Gasteiger partial charge < -0.3 is 5.11 Å². The summed E-state index contributed by atoms with van der Waals surface area (Å²) in [6.07, 6.45) is 1.48. The summed E-state index contributed by atoms with van der Waals surface area (Å²) in [6.45, 7) is 0. The molecule has 0 amide bonds. The van der Waals surface area contributed by atoms with E-state index < -0.39 is 16.9 Å². The Morgan fingerprint density at radius 1 is 1.11 bits per heavy atom. The van der Waals surface area contributed by atoms with Crippen molar-refractivity contribution in [2.75, 3.05) is 4.31 Å². The molecule has 0 aliphatic heterocycles. The zero-order valence-corrected chi connectivity index (χ0v) is 10.5. The van der Waals surface area contributed by atoms with Gasteiger partial charge in [-0.3, -0.25) is 0 Å². The molecule has 1 aromatic heterocycles. The van der Waals surface area contributed by atoms with Gasteiger partial charge in [0, 0.05) is 6.20 Å². The van der Waals surface area contributed by atoms with Crippen LogP contribution in [0, 0.1) is 0 Å². The molecule has 98 valence electrons. The summed E-state index contributed by atoms with van der Waals surface area (Å²) in [5.74, 6) is -0.816. The number of thiol groups is 1. The van der Waals surface area contributed by atoms with E-state index in [1.54, 1.807) is 18.2 Å². The van der Waals surface area contributed by atoms with Crippen LogP contribution in [0.3, 0.4) is 0 Å². The second kappa shape index (κ2) is 5.49. The highest BCUT2D eigenvalue weighted by Gasteiger charge is 2.13. The molecule has 0 aliphatic carbocycles. The molecule has 2 aromatic rings. The first-order valence-electron chi connectivity index (χ1n) is 5.28. The Morgan fingerprint density at radius 3 is 2.26 bits per heavy atom. The lowest BCUT2D eigenvalue weighted by atomic mass is 10.2. The first-order valence-corrected chi connectivity index (χ1v) is 6.41. The van der Waals surface area contributed by atoms with Crippen LogP contribution in [0.15, 0.2) is 48.7 Å². The number of hydrogen-bond donors (Lipinski definition) is 2. The van der Waals surface area contributed by atoms with Gasteiger partial charge in [0.25, 0.3) is 0 Å². The molecule has 2 rings (SSSR count). The third-order valence-corrected chi connectivity index (χ3v) is 3.15. The van der Waals surface area contributed by atoms with Gasteiger partial charge >= 0.3 is 5.97 Å². The molecule has 7 heteroatoms. The van der Waals surface area contributed by atoms with Gasteiger partial charge in [-0.15, -0.1) is 0 Å². The fourth-order valence-corrected chi connectivity index (χ4v) is 2.14. The Bertz CT molecular complexity index is 645. The molecule has 0 spiro atoms. The summed E-state index contributed by atoms with van der Waals surface area (Å²) in [4.78, 5) is 14.7. The van der Waals surface area contributed by atoms with Crippen LogP contribution in [0.5, 0.6) is 0 Å². The number of carbonyl (C=O) groups is 1. The minimum atomic E-state index is -2.92. The molecular weight excluding hydrogens is 268 g/mol. The summed E-state index contributed by atoms with van der Waals surface area (Å²) in [5.41, 5.74) is 0.422. The molecule has 0 bridgehead atoms. The first-order chi connectivity index (χ1) is 9.09. The van der Waals surface area contributed by atoms with Crippen molar-refractivity contribution in [2.45, 2.75) is 0 Å². The Balaban J connectivity index is 2.43. The molecule has 0 saturated carbocycles. The van der Waals surface area contributed by atoms with Crippen LogP contribution in [0.1, 0.15) is 10.4 Å². The van der Waals surface area contributed by atoms with E-state index in [0.717, 1.165) is 4.31 Å². The monoisotopic (exact) mass is 278 g/mol. The fraction of sp³-hybridized carbons (Fsp3) is 0. The smallest absolute Gasteiger partial charge is 0.335 e. The molecular formula is C12H10N2O4S. The predicted octanol–water partition coefficient (Wildman–Crippen LogP) is 1.44. The number of rotatable bonds is 4. The highest BCUT2D eigenvalue weighted by molar-refractivity contribution is 7.74. The zero-order valence-electron chi connectivity index (χ0n) is 9.63. The molecule has 0 saturated heterocycles. The third kappa shape index (κ3) is 2.89. The van der Waals surface area contributed by atoms with Crippen LogP contribution >= 0.6 is 0 Å². The van der Waals surface area contributed by atoms with Crippen molar-refractivity contribution in [3.05, 3.63) is 54.2 Å². The molecule has 1 N–H and O–H groups in total. The predicted molar refractivity (Wildman–Crippen MR) is 70.1 cm³/mol. The Labute approximate surface area is 111 Å². The molecule has 6 nitrogen and oxygen atoms in total. The van der Waals surface area contributed by atoms with E-state index >= 15 is 0 Å². The maximum absolute atomic E-state index is 11.3. The lowest BCUT2D eigenvalue weighted by Crippen LogP contribution is -2.15. The Morgan fingerprint density at radius 2 is 1.79 bits per heavy atom. The zero-order chi connectivity index (χ0) is 13.8. The SMILES string of the molecule is O=C(O)c1ccc(N(c2ccccn2)[SH](=O)=O)cc1. The van der Waals surface area contributed by atoms with E-state index in [1.807, 2.05) is 0 Å². The van der Waals surface area contributed by atoms with E-state index in [9.17, 15) is 13.2 Å². The topological polar surface area (TPSA) is 87.6 Å². The van der Waals surface area contributed by atoms with Crippen molar-refractivity contribution in [3.63, 3.8) is 0 Å². The molecule has 1 heterocycles. The number of hydrogen-bond acceptors (Lipinski definition) is 4. The number of nitrogens with zero attached hydrogens (tertiary/aromatic N) is 2. The average molecular weight is 278 g/mol. The first kappa shape index (κ1) is 13.0. The van der Waals surface area contributed by atoms with E-state index in [2.05, 4.69) is 4.98 Å². The van der Waals surface area contributed by atoms with Crippen LogP contribution in [-0.4, -0.2) is 24.5 Å². The molecule has 1 aromatic carbocycles. The second-order valence-corrected chi connectivity index (χ2v) is 4.47. The van der Waals surface area contributed by atoms with E-state index in [4.69, 9.17) is 5.11 Å². The summed E-state index contributed by atoms with van der Waals surface area (Å²) in [5, 5.41) is 8.80. The van der Waals surface area contributed by atoms with Crippen LogP contribution in [0.4, 0.5) is 11.5 Å². The van der Waals surface area contributed by atoms with Crippen LogP contribution in [0.25, 0.3) is 0 Å². The molecule has 0 unspecified atom stereocenters. The number of benzene rings is 1. The van der Waals surface area contributed by atoms with Crippen LogP contribution in [0.2, 0.25) is 0 Å². The van der Waals surface area contributed by atoms with Crippen molar-refractivity contribution in [2.24, 2.45) is 0 Å². The van der Waals surface area contributed by atoms with Gasteiger partial charge in [0.05, 0.1) is 11.3 Å². The third-order valence-electron chi connectivity index (χ3n) is 2.39. The molecule has 0 atom stereocenters. The highest BCUT2D eigenvalue weighted by atomic mass is 32.2. The van der Waals surface area contributed by atoms with Gasteiger partial charge in [-0.25, -0.2) is 22.5 Å². The lowest BCUT2D eigenvalue weighted by Gasteiger charge is -2.16. The maximum Gasteiger partial charge on any atom is 0.335 e. The Kier molecular flexibility index (Phi) is 3.76. The quantitative estimate of drug-likeness (QED) is 0.826. The van der Waals surface area contributed by atoms with Gasteiger partial charge in [-0.2, -0.15) is 0 Å². The number of carboxylic acid groups (broad SMARTS) is 1. The number of anilines is 2. The van der Waals surface area contributed by atoms with Crippen LogP contribution in [-0.2, 0) is 10.9 Å². The van der Waals surface area contributed by atoms with E-state index in [-0.39, 0.29) is 11.4 Å². The number of carboxylic acids is 1. The largest absolute Gasteiger partial charge is 0.478 e. The Hall–Kier alpha value is -2.41. The number of aromatic carboxylic acids is 1. The molecule has 0 radical (unpaired) electrons. The minimum Gasteiger partial charge on any atom is -0.478 e. The summed E-state index contributed by atoms with van der Waals surface area (Å²) in [7, 11) is -2.92. The summed E-state index contributed by atoms with van der Waals surface area (Å²) >= 11 is 0. The second-order valence-electron chi connectivity index (χ2n) is 3.59. The number of pyridine rings is 1. The van der Waals surface area contributed by atoms with E-state index in [0.29, 0.717) is 5.69 Å². The van der Waals surface area contributed by atoms with E-state index in [1.165, 1.54) is 30.5 Å². The summed E-state index contributed by atoms with van der Waals surface area (Å²) in [6, 6.07) is 10.4. The highest BCUT2D eigenvalue weighted by Crippen LogP contribution is 2.23. The standard InChI is InChI=1S/C12H10N2O4S/c15-12(16)9-4-6-10(7-5-9)14(19(17)18)11-3-1-2-8-13-11/h1-8,19H,(H,15,16). The van der Waals surface area contributed by atoms with Gasteiger partial charge in [-0.05, 0) is 36.4 Å².